The van der Waals surface area contributed by atoms with E-state index < -0.39 is 6.03 Å². The molecule has 2 N–H and O–H groups in total. The van der Waals surface area contributed by atoms with E-state index in [9.17, 15) is 4.79 Å². The Morgan fingerprint density at radius 3 is 2.57 bits per heavy atom. The van der Waals surface area contributed by atoms with E-state index in [1.165, 1.54) is 24.0 Å². The van der Waals surface area contributed by atoms with Crippen LogP contribution in [0, 0.1) is 0 Å². The monoisotopic (exact) mass is 399 g/mol. The maximum atomic E-state index is 12.3. The minimum atomic E-state index is -0.433. The van der Waals surface area contributed by atoms with Gasteiger partial charge in [-0.1, -0.05) is 41.7 Å². The van der Waals surface area contributed by atoms with Gasteiger partial charge < -0.3 is 19.7 Å². The van der Waals surface area contributed by atoms with Gasteiger partial charge >= 0.3 is 6.03 Å². The number of rotatable bonds is 7. The molecule has 3 aromatic rings. The number of amides is 2. The summed E-state index contributed by atoms with van der Waals surface area (Å²) in [5, 5.41) is 14.7. The predicted octanol–water partition coefficient (Wildman–Crippen LogP) is 3.84. The number of carbonyl (C=O) groups excluding carboxylic acids is 1. The standard InChI is InChI=1S/C19H21N5O3S/c1-24(12-13-7-5-4-6-8-13)19-23-22-18(28-19)21-17(25)20-15-10-9-14(26-2)11-16(15)27-3/h4-11H,12H2,1-3H3,(H2,20,21,22,25). The molecular weight excluding hydrogens is 378 g/mol. The summed E-state index contributed by atoms with van der Waals surface area (Å²) < 4.78 is 10.4. The SMILES string of the molecule is COc1ccc(NC(=O)Nc2nnc(N(C)Cc3ccccc3)s2)c(OC)c1. The van der Waals surface area contributed by atoms with E-state index in [0.717, 1.165) is 0 Å². The summed E-state index contributed by atoms with van der Waals surface area (Å²) in [6, 6.07) is 14.8. The minimum absolute atomic E-state index is 0.403. The van der Waals surface area contributed by atoms with Crippen molar-refractivity contribution in [2.75, 3.05) is 36.8 Å². The largest absolute Gasteiger partial charge is 0.497 e. The third kappa shape index (κ3) is 4.89. The molecule has 8 nitrogen and oxygen atoms in total. The van der Waals surface area contributed by atoms with Gasteiger partial charge in [-0.15, -0.1) is 10.2 Å². The van der Waals surface area contributed by atoms with Gasteiger partial charge in [0.1, 0.15) is 11.5 Å². The zero-order valence-electron chi connectivity index (χ0n) is 15.8. The van der Waals surface area contributed by atoms with Crippen LogP contribution in [0.25, 0.3) is 0 Å². The second-order valence-electron chi connectivity index (χ2n) is 5.88. The average Bonchev–Trinajstić information content (AvgIpc) is 3.17. The average molecular weight is 399 g/mol. The summed E-state index contributed by atoms with van der Waals surface area (Å²) in [4.78, 5) is 14.3. The van der Waals surface area contributed by atoms with Crippen LogP contribution in [0.1, 0.15) is 5.56 Å². The lowest BCUT2D eigenvalue weighted by atomic mass is 10.2. The fourth-order valence-corrected chi connectivity index (χ4v) is 3.20. The zero-order chi connectivity index (χ0) is 19.9. The van der Waals surface area contributed by atoms with Crippen LogP contribution in [0.15, 0.2) is 48.5 Å². The van der Waals surface area contributed by atoms with Crippen molar-refractivity contribution in [2.24, 2.45) is 0 Å². The van der Waals surface area contributed by atoms with Crippen molar-refractivity contribution in [1.82, 2.24) is 10.2 Å². The normalized spacial score (nSPS) is 10.2. The molecule has 1 heterocycles. The minimum Gasteiger partial charge on any atom is -0.497 e. The van der Waals surface area contributed by atoms with E-state index in [0.29, 0.717) is 34.0 Å². The van der Waals surface area contributed by atoms with E-state index in [2.05, 4.69) is 20.8 Å². The number of nitrogens with one attached hydrogen (secondary N) is 2. The van der Waals surface area contributed by atoms with Crippen molar-refractivity contribution in [1.29, 1.82) is 0 Å². The Balaban J connectivity index is 1.61. The van der Waals surface area contributed by atoms with Crippen molar-refractivity contribution in [3.05, 3.63) is 54.1 Å². The molecule has 0 fully saturated rings. The number of hydrogen-bond acceptors (Lipinski definition) is 7. The molecule has 0 aliphatic carbocycles. The third-order valence-corrected chi connectivity index (χ3v) is 4.83. The number of methoxy groups -OCH3 is 2. The van der Waals surface area contributed by atoms with Crippen molar-refractivity contribution in [2.45, 2.75) is 6.54 Å². The van der Waals surface area contributed by atoms with Crippen LogP contribution >= 0.6 is 11.3 Å². The van der Waals surface area contributed by atoms with Crippen LogP contribution in [0.5, 0.6) is 11.5 Å². The van der Waals surface area contributed by atoms with Crippen LogP contribution in [0.2, 0.25) is 0 Å². The van der Waals surface area contributed by atoms with Gasteiger partial charge in [0, 0.05) is 19.7 Å². The molecule has 0 radical (unpaired) electrons. The molecule has 0 aliphatic heterocycles. The topological polar surface area (TPSA) is 88.6 Å². The molecule has 0 spiro atoms. The Labute approximate surface area is 167 Å². The molecule has 0 saturated heterocycles. The molecular formula is C19H21N5O3S. The van der Waals surface area contributed by atoms with Gasteiger partial charge in [-0.3, -0.25) is 5.32 Å². The smallest absolute Gasteiger partial charge is 0.325 e. The summed E-state index contributed by atoms with van der Waals surface area (Å²) in [6.45, 7) is 0.699. The van der Waals surface area contributed by atoms with Crippen molar-refractivity contribution in [3.63, 3.8) is 0 Å². The summed E-state index contributed by atoms with van der Waals surface area (Å²) in [5.74, 6) is 1.13. The van der Waals surface area contributed by atoms with Gasteiger partial charge in [0.25, 0.3) is 0 Å². The Morgan fingerprint density at radius 1 is 1.07 bits per heavy atom. The van der Waals surface area contributed by atoms with Crippen molar-refractivity contribution in [3.8, 4) is 11.5 Å². The number of aromatic nitrogens is 2. The molecule has 0 unspecified atom stereocenters. The maximum Gasteiger partial charge on any atom is 0.325 e. The summed E-state index contributed by atoms with van der Waals surface area (Å²) in [6.07, 6.45) is 0. The Morgan fingerprint density at radius 2 is 1.86 bits per heavy atom. The fourth-order valence-electron chi connectivity index (χ4n) is 2.50. The molecule has 0 bridgehead atoms. The highest BCUT2D eigenvalue weighted by molar-refractivity contribution is 7.19. The molecule has 1 aromatic heterocycles. The van der Waals surface area contributed by atoms with Crippen LogP contribution in [0.4, 0.5) is 20.7 Å². The number of anilines is 3. The first-order valence-electron chi connectivity index (χ1n) is 8.47. The summed E-state index contributed by atoms with van der Waals surface area (Å²) in [5.41, 5.74) is 1.69. The zero-order valence-corrected chi connectivity index (χ0v) is 16.6. The van der Waals surface area contributed by atoms with Crippen LogP contribution in [-0.4, -0.2) is 37.5 Å². The van der Waals surface area contributed by atoms with E-state index in [1.807, 2.05) is 42.3 Å². The lowest BCUT2D eigenvalue weighted by molar-refractivity contribution is 0.262. The molecule has 28 heavy (non-hydrogen) atoms. The molecule has 0 atom stereocenters. The van der Waals surface area contributed by atoms with Gasteiger partial charge in [0.15, 0.2) is 0 Å². The Hall–Kier alpha value is -3.33. The second kappa shape index (κ2) is 9.05. The van der Waals surface area contributed by atoms with Crippen LogP contribution in [0.3, 0.4) is 0 Å². The Bertz CT molecular complexity index is 932. The lowest BCUT2D eigenvalue weighted by Gasteiger charge is -2.14. The van der Waals surface area contributed by atoms with Gasteiger partial charge in [-0.25, -0.2) is 4.79 Å². The number of nitrogens with zero attached hydrogens (tertiary/aromatic N) is 3. The first kappa shape index (κ1) is 19.4. The summed E-state index contributed by atoms with van der Waals surface area (Å²) in [7, 11) is 5.02. The Kier molecular flexibility index (Phi) is 6.28. The van der Waals surface area contributed by atoms with E-state index in [-0.39, 0.29) is 0 Å². The van der Waals surface area contributed by atoms with Gasteiger partial charge in [-0.2, -0.15) is 0 Å². The number of benzene rings is 2. The molecule has 0 saturated carbocycles. The predicted molar refractivity (Wildman–Crippen MR) is 111 cm³/mol. The highest BCUT2D eigenvalue weighted by Gasteiger charge is 2.13. The van der Waals surface area contributed by atoms with Crippen molar-refractivity contribution < 1.29 is 14.3 Å². The van der Waals surface area contributed by atoms with Crippen LogP contribution < -0.4 is 25.0 Å². The van der Waals surface area contributed by atoms with Gasteiger partial charge in [0.2, 0.25) is 10.3 Å². The number of hydrogen-bond donors (Lipinski definition) is 2. The highest BCUT2D eigenvalue weighted by atomic mass is 32.1. The number of carbonyl (C=O) groups is 1. The quantitative estimate of drug-likeness (QED) is 0.628. The third-order valence-electron chi connectivity index (χ3n) is 3.88. The molecule has 2 aromatic carbocycles. The highest BCUT2D eigenvalue weighted by Crippen LogP contribution is 2.29. The number of ether oxygens (including phenoxy) is 2. The van der Waals surface area contributed by atoms with E-state index >= 15 is 0 Å². The molecule has 0 aliphatic rings. The molecule has 3 rings (SSSR count). The number of urea groups is 1. The van der Waals surface area contributed by atoms with Gasteiger partial charge in [0.05, 0.1) is 19.9 Å². The fraction of sp³-hybridized carbons (Fsp3) is 0.211. The molecule has 9 heteroatoms. The first-order chi connectivity index (χ1) is 13.6. The van der Waals surface area contributed by atoms with E-state index in [1.54, 1.807) is 25.3 Å². The lowest BCUT2D eigenvalue weighted by Crippen LogP contribution is -2.19. The first-order valence-corrected chi connectivity index (χ1v) is 9.29. The maximum absolute atomic E-state index is 12.3. The summed E-state index contributed by atoms with van der Waals surface area (Å²) >= 11 is 1.30. The van der Waals surface area contributed by atoms with Crippen LogP contribution in [-0.2, 0) is 6.54 Å². The molecule has 2 amide bonds. The molecule has 146 valence electrons. The van der Waals surface area contributed by atoms with Gasteiger partial charge in [-0.05, 0) is 17.7 Å². The van der Waals surface area contributed by atoms with E-state index in [4.69, 9.17) is 9.47 Å². The second-order valence-corrected chi connectivity index (χ2v) is 6.83. The van der Waals surface area contributed by atoms with Crippen molar-refractivity contribution >= 4 is 33.3 Å².